The van der Waals surface area contributed by atoms with E-state index in [4.69, 9.17) is 9.47 Å². The summed E-state index contributed by atoms with van der Waals surface area (Å²) in [5, 5.41) is 15.4. The highest BCUT2D eigenvalue weighted by atomic mass is 16.7. The third kappa shape index (κ3) is 8.12. The number of ether oxygens (including phenoxy) is 2. The van der Waals surface area contributed by atoms with Gasteiger partial charge in [0.2, 0.25) is 0 Å². The van der Waals surface area contributed by atoms with Gasteiger partial charge in [0.15, 0.2) is 6.29 Å². The van der Waals surface area contributed by atoms with Crippen molar-refractivity contribution in [2.75, 3.05) is 13.6 Å². The Kier molecular flexibility index (Phi) is 10.8. The van der Waals surface area contributed by atoms with E-state index in [1.807, 2.05) is 84.9 Å². The van der Waals surface area contributed by atoms with Gasteiger partial charge in [-0.3, -0.25) is 4.90 Å². The summed E-state index contributed by atoms with van der Waals surface area (Å²) < 4.78 is 13.3. The summed E-state index contributed by atoms with van der Waals surface area (Å²) in [5.74, 6) is 0.0921. The van der Waals surface area contributed by atoms with E-state index in [1.165, 1.54) is 5.56 Å². The van der Waals surface area contributed by atoms with E-state index in [1.54, 1.807) is 0 Å². The average Bonchev–Trinajstić information content (AvgIpc) is 3.08. The van der Waals surface area contributed by atoms with Crippen LogP contribution < -0.4 is 10.6 Å². The summed E-state index contributed by atoms with van der Waals surface area (Å²) in [4.78, 5) is 14.7. The lowest BCUT2D eigenvalue weighted by atomic mass is 9.89. The first-order valence-corrected chi connectivity index (χ1v) is 15.3. The van der Waals surface area contributed by atoms with Crippen molar-refractivity contribution in [1.82, 2.24) is 15.5 Å². The van der Waals surface area contributed by atoms with E-state index in [0.717, 1.165) is 34.4 Å². The number of nitrogens with zero attached hydrogens (tertiary/aromatic N) is 1. The molecule has 4 aromatic rings. The summed E-state index contributed by atoms with van der Waals surface area (Å²) in [5.41, 5.74) is 6.16. The van der Waals surface area contributed by atoms with Gasteiger partial charge in [0, 0.05) is 37.2 Å². The molecule has 7 nitrogen and oxygen atoms in total. The Bertz CT molecular complexity index is 1450. The highest BCUT2D eigenvalue weighted by molar-refractivity contribution is 5.73. The first kappa shape index (κ1) is 31.4. The molecule has 0 saturated carbocycles. The molecule has 4 aromatic carbocycles. The standard InChI is InChI=1S/C37H43N3O4/c1-26-34(24-40(3)27(2)31-12-8-5-9-13-31)43-36(44-35(26)32-18-16-30(25-41)17-19-32)33-20-14-29(15-21-33)23-39-37(42)38-22-28-10-6-4-7-11-28/h4-21,26-27,34-36,41H,22-25H2,1-3H3,(H2,38,39,42)/t26-,27-,34+,35+,36+/m0/s1. The number of amides is 2. The molecular weight excluding hydrogens is 550 g/mol. The molecule has 1 heterocycles. The minimum Gasteiger partial charge on any atom is -0.392 e. The number of carbonyl (C=O) groups is 1. The lowest BCUT2D eigenvalue weighted by Crippen LogP contribution is -2.44. The normalized spacial score (nSPS) is 20.7. The molecule has 1 aliphatic heterocycles. The van der Waals surface area contributed by atoms with E-state index in [0.29, 0.717) is 13.1 Å². The zero-order valence-corrected chi connectivity index (χ0v) is 25.7. The van der Waals surface area contributed by atoms with Crippen LogP contribution in [0.3, 0.4) is 0 Å². The largest absolute Gasteiger partial charge is 0.392 e. The predicted molar refractivity (Wildman–Crippen MR) is 172 cm³/mol. The second-order valence-corrected chi connectivity index (χ2v) is 11.6. The predicted octanol–water partition coefficient (Wildman–Crippen LogP) is 6.66. The molecule has 5 atom stereocenters. The number of urea groups is 1. The first-order valence-electron chi connectivity index (χ1n) is 15.3. The molecule has 2 amide bonds. The van der Waals surface area contributed by atoms with Crippen molar-refractivity contribution < 1.29 is 19.4 Å². The summed E-state index contributed by atoms with van der Waals surface area (Å²) in [7, 11) is 2.14. The lowest BCUT2D eigenvalue weighted by molar-refractivity contribution is -0.276. The molecule has 0 unspecified atom stereocenters. The van der Waals surface area contributed by atoms with E-state index >= 15 is 0 Å². The minimum atomic E-state index is -0.546. The Morgan fingerprint density at radius 3 is 1.93 bits per heavy atom. The number of aliphatic hydroxyl groups is 1. The van der Waals surface area contributed by atoms with Crippen molar-refractivity contribution in [1.29, 1.82) is 0 Å². The van der Waals surface area contributed by atoms with Gasteiger partial charge >= 0.3 is 6.03 Å². The van der Waals surface area contributed by atoms with Crippen LogP contribution in [0.1, 0.15) is 65.7 Å². The van der Waals surface area contributed by atoms with Crippen LogP contribution in [0.4, 0.5) is 4.79 Å². The number of nitrogens with one attached hydrogen (secondary N) is 2. The summed E-state index contributed by atoms with van der Waals surface area (Å²) >= 11 is 0. The fraction of sp³-hybridized carbons (Fsp3) is 0.324. The van der Waals surface area contributed by atoms with Gasteiger partial charge in [-0.05, 0) is 41.8 Å². The fourth-order valence-electron chi connectivity index (χ4n) is 5.57. The van der Waals surface area contributed by atoms with Gasteiger partial charge in [-0.1, -0.05) is 116 Å². The highest BCUT2D eigenvalue weighted by Gasteiger charge is 2.39. The Balaban J connectivity index is 1.26. The van der Waals surface area contributed by atoms with Crippen LogP contribution in [0, 0.1) is 5.92 Å². The second kappa shape index (κ2) is 15.1. The molecule has 5 rings (SSSR count). The van der Waals surface area contributed by atoms with Crippen molar-refractivity contribution >= 4 is 6.03 Å². The molecule has 44 heavy (non-hydrogen) atoms. The smallest absolute Gasteiger partial charge is 0.315 e. The van der Waals surface area contributed by atoms with E-state index < -0.39 is 6.29 Å². The summed E-state index contributed by atoms with van der Waals surface area (Å²) in [6, 6.07) is 36.4. The van der Waals surface area contributed by atoms with Crippen LogP contribution in [0.2, 0.25) is 0 Å². The second-order valence-electron chi connectivity index (χ2n) is 11.6. The minimum absolute atomic E-state index is 0.00772. The number of likely N-dealkylation sites (N-methyl/N-ethyl adjacent to an activating group) is 1. The summed E-state index contributed by atoms with van der Waals surface area (Å²) in [6.45, 7) is 6.04. The number of carbonyl (C=O) groups excluding carboxylic acids is 1. The van der Waals surface area contributed by atoms with Crippen molar-refractivity contribution in [2.24, 2.45) is 5.92 Å². The van der Waals surface area contributed by atoms with Gasteiger partial charge in [0.1, 0.15) is 0 Å². The molecule has 1 aliphatic rings. The van der Waals surface area contributed by atoms with Gasteiger partial charge in [-0.25, -0.2) is 4.79 Å². The first-order chi connectivity index (χ1) is 21.4. The Morgan fingerprint density at radius 1 is 0.773 bits per heavy atom. The molecule has 0 spiro atoms. The highest BCUT2D eigenvalue weighted by Crippen LogP contribution is 2.42. The number of hydrogen-bond acceptors (Lipinski definition) is 5. The van der Waals surface area contributed by atoms with Gasteiger partial charge in [0.25, 0.3) is 0 Å². The Morgan fingerprint density at radius 2 is 1.32 bits per heavy atom. The fourth-order valence-corrected chi connectivity index (χ4v) is 5.57. The zero-order valence-electron chi connectivity index (χ0n) is 25.7. The molecule has 7 heteroatoms. The molecule has 3 N–H and O–H groups in total. The Hall–Kier alpha value is -4.01. The molecule has 0 bridgehead atoms. The topological polar surface area (TPSA) is 83.1 Å². The zero-order chi connectivity index (χ0) is 30.9. The third-order valence-corrected chi connectivity index (χ3v) is 8.54. The van der Waals surface area contributed by atoms with E-state index in [9.17, 15) is 9.90 Å². The third-order valence-electron chi connectivity index (χ3n) is 8.54. The maximum absolute atomic E-state index is 12.3. The molecule has 230 valence electrons. The number of rotatable bonds is 11. The average molecular weight is 594 g/mol. The lowest BCUT2D eigenvalue weighted by Gasteiger charge is -2.43. The van der Waals surface area contributed by atoms with Crippen LogP contribution in [0.15, 0.2) is 109 Å². The van der Waals surface area contributed by atoms with Crippen molar-refractivity contribution in [3.8, 4) is 0 Å². The molecular formula is C37H43N3O4. The number of hydrogen-bond donors (Lipinski definition) is 3. The van der Waals surface area contributed by atoms with Crippen molar-refractivity contribution in [3.63, 3.8) is 0 Å². The van der Waals surface area contributed by atoms with Crippen LogP contribution >= 0.6 is 0 Å². The van der Waals surface area contributed by atoms with Crippen molar-refractivity contribution in [2.45, 2.75) is 58.1 Å². The molecule has 0 radical (unpaired) electrons. The molecule has 0 aromatic heterocycles. The van der Waals surface area contributed by atoms with Gasteiger partial charge in [0.05, 0.1) is 18.8 Å². The maximum atomic E-state index is 12.3. The van der Waals surface area contributed by atoms with Crippen LogP contribution in [-0.4, -0.2) is 35.7 Å². The van der Waals surface area contributed by atoms with Crippen LogP contribution in [0.5, 0.6) is 0 Å². The van der Waals surface area contributed by atoms with E-state index in [2.05, 4.69) is 60.7 Å². The summed E-state index contributed by atoms with van der Waals surface area (Å²) in [6.07, 6.45) is -0.806. The van der Waals surface area contributed by atoms with E-state index in [-0.39, 0.29) is 36.8 Å². The quantitative estimate of drug-likeness (QED) is 0.181. The maximum Gasteiger partial charge on any atom is 0.315 e. The Labute approximate surface area is 260 Å². The SMILES string of the molecule is C[C@H]1[C@@H](CN(C)[C@@H](C)c2ccccc2)O[C@@H](c2ccc(CNC(=O)NCc3ccccc3)cc2)O[C@H]1c1ccc(CO)cc1. The molecule has 1 saturated heterocycles. The molecule has 0 aliphatic carbocycles. The number of benzene rings is 4. The molecule has 1 fully saturated rings. The monoisotopic (exact) mass is 593 g/mol. The number of aliphatic hydroxyl groups excluding tert-OH is 1. The van der Waals surface area contributed by atoms with Gasteiger partial charge < -0.3 is 25.2 Å². The van der Waals surface area contributed by atoms with Crippen molar-refractivity contribution in [3.05, 3.63) is 143 Å². The van der Waals surface area contributed by atoms with Gasteiger partial charge in [-0.15, -0.1) is 0 Å². The van der Waals surface area contributed by atoms with Crippen LogP contribution in [-0.2, 0) is 29.2 Å². The van der Waals surface area contributed by atoms with Gasteiger partial charge in [-0.2, -0.15) is 0 Å². The van der Waals surface area contributed by atoms with Crippen LogP contribution in [0.25, 0.3) is 0 Å².